The van der Waals surface area contributed by atoms with Crippen LogP contribution in [-0.4, -0.2) is 71.6 Å². The van der Waals surface area contributed by atoms with Crippen molar-refractivity contribution in [2.45, 2.75) is 57.0 Å². The van der Waals surface area contributed by atoms with Gasteiger partial charge in [0, 0.05) is 61.8 Å². The Kier molecular flexibility index (Phi) is 9.82. The Balaban J connectivity index is 1.31. The van der Waals surface area contributed by atoms with Gasteiger partial charge in [0.15, 0.2) is 0 Å². The van der Waals surface area contributed by atoms with Gasteiger partial charge >= 0.3 is 0 Å². The monoisotopic (exact) mass is 733 g/mol. The molecule has 1 fully saturated rings. The molecule has 11 nitrogen and oxygen atoms in total. The molecule has 6 atom stereocenters. The average molecular weight is 734 g/mol. The molecular weight excluding hydrogens is 690 g/mol. The van der Waals surface area contributed by atoms with Gasteiger partial charge in [-0.1, -0.05) is 30.5 Å². The Hall–Kier alpha value is -4.05. The van der Waals surface area contributed by atoms with Crippen molar-refractivity contribution in [3.63, 3.8) is 0 Å². The first-order valence-corrected chi connectivity index (χ1v) is 19.6. The highest BCUT2D eigenvalue weighted by Gasteiger charge is 2.44. The lowest BCUT2D eigenvalue weighted by molar-refractivity contribution is 0.0190. The smallest absolute Gasteiger partial charge is 0.286 e. The molecule has 3 aromatic rings. The van der Waals surface area contributed by atoms with Crippen LogP contribution in [0.1, 0.15) is 70.9 Å². The Morgan fingerprint density at radius 2 is 2.04 bits per heavy atom. The van der Waals surface area contributed by atoms with E-state index < -0.39 is 21.7 Å². The molecule has 13 heteroatoms. The van der Waals surface area contributed by atoms with Gasteiger partial charge < -0.3 is 19.1 Å². The number of anilines is 1. The number of halogens is 1. The molecule has 1 saturated carbocycles. The van der Waals surface area contributed by atoms with Crippen LogP contribution >= 0.6 is 11.6 Å². The maximum atomic E-state index is 14.5. The highest BCUT2D eigenvalue weighted by molar-refractivity contribution is 7.92. The fraction of sp³-hybridized carbons (Fsp3) is 0.500. The normalized spacial score (nSPS) is 28.8. The highest BCUT2D eigenvalue weighted by Crippen LogP contribution is 2.47. The summed E-state index contributed by atoms with van der Waals surface area (Å²) in [6.45, 7) is 3.79. The average Bonchev–Trinajstić information content (AvgIpc) is 3.40. The fourth-order valence-corrected chi connectivity index (χ4v) is 10.2. The van der Waals surface area contributed by atoms with Crippen LogP contribution < -0.4 is 19.1 Å². The third kappa shape index (κ3) is 7.08. The van der Waals surface area contributed by atoms with Crippen LogP contribution in [0.4, 0.5) is 5.69 Å². The van der Waals surface area contributed by atoms with Crippen molar-refractivity contribution in [1.29, 1.82) is 0 Å². The van der Waals surface area contributed by atoms with Crippen LogP contribution in [0.15, 0.2) is 47.0 Å². The lowest BCUT2D eigenvalue weighted by atomic mass is 9.68. The minimum Gasteiger partial charge on any atom is -0.490 e. The number of aromatic nitrogens is 2. The first kappa shape index (κ1) is 35.4. The number of carbonyl (C=O) groups is 2. The van der Waals surface area contributed by atoms with Gasteiger partial charge in [0.25, 0.3) is 11.8 Å². The number of fused-ring (bicyclic) bond motifs is 4. The first-order chi connectivity index (χ1) is 24.5. The number of rotatable bonds is 4. The number of amides is 2. The van der Waals surface area contributed by atoms with Gasteiger partial charge in [-0.3, -0.25) is 19.0 Å². The third-order valence-electron chi connectivity index (χ3n) is 10.8. The Labute approximate surface area is 304 Å². The molecule has 0 radical (unpaired) electrons. The first-order valence-electron chi connectivity index (χ1n) is 17.5. The number of methoxy groups -OCH3 is 2. The van der Waals surface area contributed by atoms with Gasteiger partial charge in [0.1, 0.15) is 27.3 Å². The Morgan fingerprint density at radius 3 is 2.80 bits per heavy atom. The molecule has 2 aliphatic heterocycles. The van der Waals surface area contributed by atoms with Crippen molar-refractivity contribution in [3.05, 3.63) is 69.9 Å². The van der Waals surface area contributed by atoms with E-state index in [2.05, 4.69) is 43.1 Å². The predicted octanol–water partition coefficient (Wildman–Crippen LogP) is 5.59. The number of nitrogens with zero attached hydrogens (tertiary/aromatic N) is 4. The molecule has 3 heterocycles. The second-order valence-corrected chi connectivity index (χ2v) is 16.9. The van der Waals surface area contributed by atoms with E-state index in [9.17, 15) is 13.8 Å². The van der Waals surface area contributed by atoms with Crippen molar-refractivity contribution >= 4 is 39.0 Å². The van der Waals surface area contributed by atoms with E-state index in [1.165, 1.54) is 29.1 Å². The number of nitrogens with one attached hydrogen (secondary N) is 1. The summed E-state index contributed by atoms with van der Waals surface area (Å²) in [7, 11) is 1.12. The van der Waals surface area contributed by atoms with E-state index >= 15 is 0 Å². The van der Waals surface area contributed by atoms with Crippen LogP contribution in [0.2, 0.25) is 5.02 Å². The zero-order valence-electron chi connectivity index (χ0n) is 29.4. The molecular formula is C38H44ClN5O6S. The number of hydrogen-bond donors (Lipinski definition) is 1. The molecule has 2 bridgehead atoms. The second kappa shape index (κ2) is 14.2. The molecule has 2 aliphatic carbocycles. The van der Waals surface area contributed by atoms with Crippen molar-refractivity contribution in [1.82, 2.24) is 14.5 Å². The summed E-state index contributed by atoms with van der Waals surface area (Å²) in [6, 6.07) is 11.5. The topological polar surface area (TPSA) is 124 Å². The summed E-state index contributed by atoms with van der Waals surface area (Å²) in [5.41, 5.74) is 3.35. The molecule has 4 aliphatic rings. The van der Waals surface area contributed by atoms with E-state index in [1.807, 2.05) is 19.1 Å². The van der Waals surface area contributed by atoms with Gasteiger partial charge in [-0.15, -0.1) is 15.4 Å². The van der Waals surface area contributed by atoms with E-state index in [4.69, 9.17) is 25.8 Å². The largest absolute Gasteiger partial charge is 0.490 e. The number of ether oxygens (including phenoxy) is 3. The zero-order chi connectivity index (χ0) is 35.9. The lowest BCUT2D eigenvalue weighted by Gasteiger charge is -2.45. The van der Waals surface area contributed by atoms with Crippen molar-refractivity contribution in [2.75, 3.05) is 44.6 Å². The highest BCUT2D eigenvalue weighted by atomic mass is 35.5. The minimum absolute atomic E-state index is 0.0728. The molecule has 2 aromatic carbocycles. The minimum atomic E-state index is -3.63. The maximum absolute atomic E-state index is 14.5. The van der Waals surface area contributed by atoms with Crippen molar-refractivity contribution in [2.24, 2.45) is 29.2 Å². The summed E-state index contributed by atoms with van der Waals surface area (Å²) in [6.07, 6.45) is 6.59. The molecule has 7 rings (SSSR count). The van der Waals surface area contributed by atoms with Crippen molar-refractivity contribution in [3.8, 4) is 23.5 Å². The number of aryl methyl sites for hydroxylation is 2. The second-order valence-electron chi connectivity index (χ2n) is 14.4. The number of hydrogen-bond acceptors (Lipinski definition) is 8. The molecule has 1 spiro atoms. The lowest BCUT2D eigenvalue weighted by Crippen LogP contribution is -2.49. The summed E-state index contributed by atoms with van der Waals surface area (Å²) >= 11 is 6.45. The summed E-state index contributed by atoms with van der Waals surface area (Å²) in [5.74, 6) is 6.19. The molecule has 1 N–H and O–H groups in total. The SMILES string of the molecule is COc1nn(C)cc1C(=O)NS1(=O)=NC(=O)c2ccc3c(c2)N(C[C@@H]2CC[C@H]2[C@H](OC)C#CC[C@H](C)C1)C[C@@]1(CCCc2cc(Cl)ccc21)CO3. The molecule has 0 saturated heterocycles. The van der Waals surface area contributed by atoms with E-state index in [0.717, 1.165) is 49.4 Å². The third-order valence-corrected chi connectivity index (χ3v) is 13.0. The van der Waals surface area contributed by atoms with E-state index in [0.29, 0.717) is 31.2 Å². The molecule has 1 aromatic heterocycles. The van der Waals surface area contributed by atoms with Crippen LogP contribution in [0.25, 0.3) is 0 Å². The number of carbonyl (C=O) groups excluding carboxylic acids is 2. The van der Waals surface area contributed by atoms with Crippen molar-refractivity contribution < 1.29 is 28.0 Å². The molecule has 2 amide bonds. The standard InChI is InChI=1S/C38H44ClN5O6S/c1-24-7-5-9-33(48-3)29-13-10-27(29)19-44-22-38(16-6-8-25-17-28(39)12-14-31(25)38)23-50-34-15-11-26(18-32(34)44)35(45)41-51(47,21-24)42-36(46)30-20-43(2)40-37(30)49-4/h11-12,14-15,17-18,20,24,27,29,33H,6-8,10,13,16,19,21-23H2,1-4H3,(H,41,42,45,46,47)/t24-,27-,29+,33+,38-,51?/m0/s1. The van der Waals surface area contributed by atoms with Gasteiger partial charge in [-0.25, -0.2) is 4.21 Å². The predicted molar refractivity (Wildman–Crippen MR) is 196 cm³/mol. The fourth-order valence-electron chi connectivity index (χ4n) is 8.13. The van der Waals surface area contributed by atoms with Crippen LogP contribution in [0.3, 0.4) is 0 Å². The molecule has 1 unspecified atom stereocenters. The van der Waals surface area contributed by atoms with Gasteiger partial charge in [0.2, 0.25) is 5.88 Å². The van der Waals surface area contributed by atoms with Gasteiger partial charge in [-0.05, 0) is 85.4 Å². The quantitative estimate of drug-likeness (QED) is 0.344. The van der Waals surface area contributed by atoms with Crippen LogP contribution in [0.5, 0.6) is 11.6 Å². The molecule has 270 valence electrons. The molecule has 51 heavy (non-hydrogen) atoms. The van der Waals surface area contributed by atoms with Gasteiger partial charge in [0.05, 0.1) is 25.2 Å². The summed E-state index contributed by atoms with van der Waals surface area (Å²) in [4.78, 5) is 29.8. The van der Waals surface area contributed by atoms with Crippen LogP contribution in [-0.2, 0) is 33.5 Å². The van der Waals surface area contributed by atoms with Crippen LogP contribution in [0, 0.1) is 29.6 Å². The number of benzene rings is 2. The summed E-state index contributed by atoms with van der Waals surface area (Å²) in [5, 5.41) is 4.87. The Bertz CT molecular complexity index is 2050. The van der Waals surface area contributed by atoms with Gasteiger partial charge in [-0.2, -0.15) is 0 Å². The zero-order valence-corrected chi connectivity index (χ0v) is 31.0. The van der Waals surface area contributed by atoms with E-state index in [1.54, 1.807) is 26.3 Å². The Morgan fingerprint density at radius 1 is 1.20 bits per heavy atom. The summed E-state index contributed by atoms with van der Waals surface area (Å²) < 4.78 is 40.6. The van der Waals surface area contributed by atoms with E-state index in [-0.39, 0.29) is 46.1 Å². The maximum Gasteiger partial charge on any atom is 0.286 e.